The number of benzene rings is 3. The number of hydrogen-bond acceptors (Lipinski definition) is 7. The van der Waals surface area contributed by atoms with E-state index in [-0.39, 0.29) is 56.4 Å². The highest BCUT2D eigenvalue weighted by molar-refractivity contribution is 8.26. The van der Waals surface area contributed by atoms with Gasteiger partial charge in [-0.15, -0.1) is 0 Å². The molecule has 242 valence electrons. The number of rotatable bonds is 9. The van der Waals surface area contributed by atoms with Gasteiger partial charge in [-0.1, -0.05) is 24.0 Å². The van der Waals surface area contributed by atoms with Crippen molar-refractivity contribution in [1.29, 1.82) is 0 Å². The predicted molar refractivity (Wildman–Crippen MR) is 162 cm³/mol. The number of carbonyl (C=O) groups excluding carboxylic acids is 2. The Labute approximate surface area is 267 Å². The molecule has 0 atom stereocenters. The number of carboxylic acids is 1. The molecule has 0 aromatic heterocycles. The van der Waals surface area contributed by atoms with Crippen LogP contribution in [0.5, 0.6) is 11.5 Å². The number of halogens is 6. The number of anilines is 1. The summed E-state index contributed by atoms with van der Waals surface area (Å²) in [6.07, 6.45) is -9.00. The number of nitrogens with zero attached hydrogens (tertiary/aromatic N) is 1. The molecule has 16 heteroatoms. The number of thioether (sulfide) groups is 1. The van der Waals surface area contributed by atoms with E-state index in [0.29, 0.717) is 17.8 Å². The van der Waals surface area contributed by atoms with E-state index in [1.165, 1.54) is 56.7 Å². The highest BCUT2D eigenvalue weighted by Crippen LogP contribution is 2.43. The van der Waals surface area contributed by atoms with Crippen LogP contribution in [-0.2, 0) is 21.9 Å². The van der Waals surface area contributed by atoms with Gasteiger partial charge in [-0.2, -0.15) is 26.3 Å². The second kappa shape index (κ2) is 13.4. The Morgan fingerprint density at radius 1 is 0.935 bits per heavy atom. The summed E-state index contributed by atoms with van der Waals surface area (Å²) in [6, 6.07) is 9.08. The molecule has 0 spiro atoms. The Hall–Kier alpha value is -4.57. The zero-order valence-electron chi connectivity index (χ0n) is 23.7. The summed E-state index contributed by atoms with van der Waals surface area (Å²) in [4.78, 5) is 37.9. The van der Waals surface area contributed by atoms with Gasteiger partial charge in [0.25, 0.3) is 5.91 Å². The van der Waals surface area contributed by atoms with Crippen molar-refractivity contribution in [2.45, 2.75) is 18.8 Å². The molecule has 2 amide bonds. The van der Waals surface area contributed by atoms with Crippen LogP contribution >= 0.6 is 24.0 Å². The minimum absolute atomic E-state index is 0.0150. The van der Waals surface area contributed by atoms with E-state index in [1.807, 2.05) is 0 Å². The van der Waals surface area contributed by atoms with Gasteiger partial charge in [-0.25, -0.2) is 4.79 Å². The van der Waals surface area contributed by atoms with Crippen LogP contribution in [0.1, 0.15) is 33.5 Å². The fraction of sp³-hybridized carbons (Fsp3) is 0.200. The Kier molecular flexibility index (Phi) is 10.0. The van der Waals surface area contributed by atoms with Gasteiger partial charge >= 0.3 is 18.3 Å². The number of carbonyl (C=O) groups is 3. The smallest absolute Gasteiger partial charge is 0.416 e. The monoisotopic (exact) mass is 684 g/mol. The molecule has 1 fully saturated rings. The molecule has 4 rings (SSSR count). The van der Waals surface area contributed by atoms with Crippen LogP contribution in [0, 0.1) is 0 Å². The standard InChI is InChI=1S/C30H22F6N2O6S2/c1-43-22-14-23(44-2)21(16-9-18(29(31,32)33)13-19(10-16)30(34,35)36)11-17(22)12-24-26(40)38(28(45)46-24)8-7-25(39)37-20-5-3-15(4-6-20)27(41)42/h3-6,9-14H,7-8H2,1-2H3,(H,37,39)(H,41,42). The molecule has 2 N–H and O–H groups in total. The van der Waals surface area contributed by atoms with Gasteiger partial charge < -0.3 is 19.9 Å². The SMILES string of the molecule is COc1cc(OC)c(-c2cc(C(F)(F)F)cc(C(F)(F)F)c2)cc1C=C1SC(=S)N(CCC(=O)Nc2ccc(C(=O)O)cc2)C1=O. The van der Waals surface area contributed by atoms with Crippen molar-refractivity contribution in [3.8, 4) is 22.6 Å². The number of methoxy groups -OCH3 is 2. The van der Waals surface area contributed by atoms with Crippen molar-refractivity contribution >= 4 is 57.8 Å². The first kappa shape index (κ1) is 34.3. The van der Waals surface area contributed by atoms with Crippen molar-refractivity contribution in [1.82, 2.24) is 4.90 Å². The van der Waals surface area contributed by atoms with Crippen LogP contribution in [0.25, 0.3) is 17.2 Å². The second-order valence-corrected chi connectivity index (χ2v) is 11.3. The first-order valence-electron chi connectivity index (χ1n) is 13.0. The zero-order chi connectivity index (χ0) is 34.0. The average molecular weight is 685 g/mol. The molecule has 3 aromatic rings. The lowest BCUT2D eigenvalue weighted by Gasteiger charge is -2.17. The number of aromatic carboxylic acids is 1. The van der Waals surface area contributed by atoms with Gasteiger partial charge in [-0.3, -0.25) is 14.5 Å². The van der Waals surface area contributed by atoms with Gasteiger partial charge in [-0.05, 0) is 60.2 Å². The number of ether oxygens (including phenoxy) is 2. The molecule has 1 heterocycles. The Morgan fingerprint density at radius 2 is 1.52 bits per heavy atom. The molecule has 0 saturated carbocycles. The second-order valence-electron chi connectivity index (χ2n) is 9.60. The molecule has 0 radical (unpaired) electrons. The lowest BCUT2D eigenvalue weighted by molar-refractivity contribution is -0.143. The number of thiocarbonyl (C=S) groups is 1. The Balaban J connectivity index is 1.62. The number of alkyl halides is 6. The lowest BCUT2D eigenvalue weighted by Crippen LogP contribution is -2.31. The maximum atomic E-state index is 13.6. The van der Waals surface area contributed by atoms with Crippen molar-refractivity contribution in [3.63, 3.8) is 0 Å². The van der Waals surface area contributed by atoms with Gasteiger partial charge in [0.2, 0.25) is 5.91 Å². The van der Waals surface area contributed by atoms with Crippen LogP contribution in [0.2, 0.25) is 0 Å². The van der Waals surface area contributed by atoms with E-state index >= 15 is 0 Å². The summed E-state index contributed by atoms with van der Waals surface area (Å²) in [7, 11) is 2.46. The maximum absolute atomic E-state index is 13.6. The third kappa shape index (κ3) is 7.80. The number of hydrogen-bond donors (Lipinski definition) is 2. The van der Waals surface area contributed by atoms with Crippen molar-refractivity contribution < 1.29 is 55.3 Å². The van der Waals surface area contributed by atoms with Crippen LogP contribution in [0.15, 0.2) is 59.5 Å². The average Bonchev–Trinajstić information content (AvgIpc) is 3.26. The van der Waals surface area contributed by atoms with E-state index in [9.17, 15) is 40.7 Å². The van der Waals surface area contributed by atoms with Crippen LogP contribution in [0.3, 0.4) is 0 Å². The summed E-state index contributed by atoms with van der Waals surface area (Å²) in [5, 5.41) is 11.6. The van der Waals surface area contributed by atoms with E-state index in [1.54, 1.807) is 0 Å². The first-order chi connectivity index (χ1) is 21.5. The number of nitrogens with one attached hydrogen (secondary N) is 1. The van der Waals surface area contributed by atoms with Crippen molar-refractivity contribution in [2.24, 2.45) is 0 Å². The highest BCUT2D eigenvalue weighted by atomic mass is 32.2. The molecule has 46 heavy (non-hydrogen) atoms. The topological polar surface area (TPSA) is 105 Å². The predicted octanol–water partition coefficient (Wildman–Crippen LogP) is 7.34. The minimum atomic E-state index is -5.07. The van der Waals surface area contributed by atoms with Gasteiger partial charge in [0.1, 0.15) is 15.8 Å². The minimum Gasteiger partial charge on any atom is -0.496 e. The molecular formula is C30H22F6N2O6S2. The molecule has 0 unspecified atom stereocenters. The molecule has 1 aliphatic rings. The van der Waals surface area contributed by atoms with Gasteiger partial charge in [0.05, 0.1) is 35.8 Å². The molecule has 0 bridgehead atoms. The molecule has 3 aromatic carbocycles. The Bertz CT molecular complexity index is 1710. The van der Waals surface area contributed by atoms with Crippen LogP contribution in [-0.4, -0.2) is 52.9 Å². The van der Waals surface area contributed by atoms with Gasteiger partial charge in [0, 0.05) is 35.8 Å². The summed E-state index contributed by atoms with van der Waals surface area (Å²) >= 11 is 6.18. The lowest BCUT2D eigenvalue weighted by atomic mass is 9.96. The fourth-order valence-corrected chi connectivity index (χ4v) is 5.64. The van der Waals surface area contributed by atoms with E-state index in [4.69, 9.17) is 26.8 Å². The third-order valence-electron chi connectivity index (χ3n) is 6.59. The van der Waals surface area contributed by atoms with Gasteiger partial charge in [0.15, 0.2) is 0 Å². The third-order valence-corrected chi connectivity index (χ3v) is 7.97. The van der Waals surface area contributed by atoms with Crippen molar-refractivity contribution in [3.05, 3.63) is 81.8 Å². The summed E-state index contributed by atoms with van der Waals surface area (Å²) in [5.41, 5.74) is -3.10. The Morgan fingerprint density at radius 3 is 2.04 bits per heavy atom. The number of carboxylic acid groups (broad SMARTS) is 1. The fourth-order valence-electron chi connectivity index (χ4n) is 4.34. The van der Waals surface area contributed by atoms with Crippen molar-refractivity contribution in [2.75, 3.05) is 26.1 Å². The summed E-state index contributed by atoms with van der Waals surface area (Å²) in [5.74, 6) is -2.19. The molecule has 8 nitrogen and oxygen atoms in total. The molecule has 0 aliphatic carbocycles. The normalized spacial score (nSPS) is 14.5. The largest absolute Gasteiger partial charge is 0.496 e. The van der Waals surface area contributed by atoms with E-state index in [0.717, 1.165) is 16.7 Å². The zero-order valence-corrected chi connectivity index (χ0v) is 25.3. The molecular weight excluding hydrogens is 662 g/mol. The van der Waals surface area contributed by atoms with Crippen LogP contribution in [0.4, 0.5) is 32.0 Å². The molecule has 1 saturated heterocycles. The van der Waals surface area contributed by atoms with Crippen LogP contribution < -0.4 is 14.8 Å². The summed E-state index contributed by atoms with van der Waals surface area (Å²) in [6.45, 7) is -0.115. The van der Waals surface area contributed by atoms with E-state index in [2.05, 4.69) is 5.32 Å². The quantitative estimate of drug-likeness (QED) is 0.137. The first-order valence-corrected chi connectivity index (χ1v) is 14.2. The summed E-state index contributed by atoms with van der Waals surface area (Å²) < 4.78 is 92.0. The highest BCUT2D eigenvalue weighted by Gasteiger charge is 2.37. The maximum Gasteiger partial charge on any atom is 0.416 e. The van der Waals surface area contributed by atoms with E-state index < -0.39 is 46.8 Å². The number of amides is 2. The molecule has 1 aliphatic heterocycles.